The van der Waals surface area contributed by atoms with Gasteiger partial charge >= 0.3 is 0 Å². The third-order valence-corrected chi connectivity index (χ3v) is 14.0. The smallest absolute Gasteiger partial charge is 0.208 e. The van der Waals surface area contributed by atoms with Crippen LogP contribution < -0.4 is 0 Å². The van der Waals surface area contributed by atoms with Gasteiger partial charge in [0.1, 0.15) is 5.78 Å². The maximum Gasteiger partial charge on any atom is 0.208 e. The molecular formula is C63H132NO7S+. The third-order valence-electron chi connectivity index (χ3n) is 13.1. The average Bonchev–Trinajstić information content (AvgIpc) is 3.75. The molecule has 436 valence electrons. The van der Waals surface area contributed by atoms with E-state index in [-0.39, 0.29) is 41.0 Å². The van der Waals surface area contributed by atoms with Crippen LogP contribution in [0.3, 0.4) is 0 Å². The number of hydrogen-bond acceptors (Lipinski definition) is 8. The highest BCUT2D eigenvalue weighted by Crippen LogP contribution is 2.35. The highest BCUT2D eigenvalue weighted by atomic mass is 32.1. The van der Waals surface area contributed by atoms with Gasteiger partial charge in [0, 0.05) is 47.3 Å². The number of hydroxylamine groups is 1. The number of ether oxygens (including phenoxy) is 3. The largest absolute Gasteiger partial charge is 0.376 e. The van der Waals surface area contributed by atoms with Gasteiger partial charge < -0.3 is 14.2 Å². The lowest BCUT2D eigenvalue weighted by Gasteiger charge is -2.35. The summed E-state index contributed by atoms with van der Waals surface area (Å²) in [5.74, 6) is 8.24. The molecule has 1 saturated heterocycles. The van der Waals surface area contributed by atoms with Crippen LogP contribution in [0.15, 0.2) is 0 Å². The van der Waals surface area contributed by atoms with Gasteiger partial charge in [0.05, 0.1) is 25.4 Å². The molecule has 0 radical (unpaired) electrons. The second-order valence-electron chi connectivity index (χ2n) is 25.3. The first-order valence-corrected chi connectivity index (χ1v) is 29.1. The summed E-state index contributed by atoms with van der Waals surface area (Å²) < 4.78 is 18.0. The van der Waals surface area contributed by atoms with E-state index in [0.717, 1.165) is 54.4 Å². The minimum absolute atomic E-state index is 0.157. The molecule has 0 aliphatic carbocycles. The van der Waals surface area contributed by atoms with Crippen LogP contribution in [0.1, 0.15) is 242 Å². The Kier molecular flexibility index (Phi) is 53.5. The van der Waals surface area contributed by atoms with Crippen molar-refractivity contribution in [3.63, 3.8) is 0 Å². The van der Waals surface area contributed by atoms with Crippen LogP contribution in [0, 0.1) is 101 Å². The molecule has 72 heavy (non-hydrogen) atoms. The fraction of sp³-hybridized carbons (Fsp3) is 0.921. The number of nitrogens with zero attached hydrogens (tertiary/aromatic N) is 1. The predicted molar refractivity (Wildman–Crippen MR) is 322 cm³/mol. The molecule has 0 spiro atoms. The van der Waals surface area contributed by atoms with Gasteiger partial charge in [-0.1, -0.05) is 234 Å². The zero-order valence-corrected chi connectivity index (χ0v) is 56.0. The Morgan fingerprint density at radius 2 is 0.694 bits per heavy atom. The molecule has 8 nitrogen and oxygen atoms in total. The minimum atomic E-state index is -0.306. The summed E-state index contributed by atoms with van der Waals surface area (Å²) in [6.07, 6.45) is 0.757. The molecule has 0 aromatic heterocycles. The standard InChI is InChI=1S/C9H18O2.C8H18NO.C8H14O2.C8H18O.2C8H18.C7H14O.C7H14S/c1-7(2)9(8(3)4)10-5-6-11-9;1-6(2)8(7(3)4)9(5)10;1-5(2)7(9)8(10)6(3)4;1-6(2)8(5)9-7(3)4;2*1-6(2)8(5)7(3)4;2*1-5(2)7(8)6(3)4/h7-8H,5-6H2,1-4H3;6-7,10H,1-5H3;5-6H,1-4H3;6-8H,1-5H3;2*6-8H,1-5H3;2*5-6H,1-4H3/q;+1;;;;;;. The van der Waals surface area contributed by atoms with E-state index < -0.39 is 0 Å². The summed E-state index contributed by atoms with van der Waals surface area (Å²) in [4.78, 5) is 33.9. The molecule has 1 aliphatic rings. The van der Waals surface area contributed by atoms with Crippen LogP contribution in [0.25, 0.3) is 0 Å². The number of thiocarbonyl (C=S) groups is 1. The van der Waals surface area contributed by atoms with E-state index in [9.17, 15) is 14.4 Å². The van der Waals surface area contributed by atoms with Crippen molar-refractivity contribution in [2.24, 2.45) is 101 Å². The number of hydrogen-bond donors (Lipinski definition) is 1. The molecule has 1 unspecified atom stereocenters. The second kappa shape index (κ2) is 45.6. The van der Waals surface area contributed by atoms with Gasteiger partial charge in [0.15, 0.2) is 12.8 Å². The number of rotatable bonds is 18. The van der Waals surface area contributed by atoms with Crippen LogP contribution in [-0.2, 0) is 28.6 Å². The van der Waals surface area contributed by atoms with Crippen molar-refractivity contribution in [1.29, 1.82) is 0 Å². The summed E-state index contributed by atoms with van der Waals surface area (Å²) in [6, 6.07) is 0. The quantitative estimate of drug-likeness (QED) is 0.0362. The minimum Gasteiger partial charge on any atom is -0.376 e. The Labute approximate surface area is 457 Å². The molecule has 1 rings (SSSR count). The maximum atomic E-state index is 10.9. The van der Waals surface area contributed by atoms with Crippen LogP contribution in [0.4, 0.5) is 0 Å². The summed E-state index contributed by atoms with van der Waals surface area (Å²) in [7, 11) is 1.68. The normalized spacial score (nSPS) is 13.5. The van der Waals surface area contributed by atoms with Crippen molar-refractivity contribution < 1.29 is 38.5 Å². The van der Waals surface area contributed by atoms with Crippen molar-refractivity contribution in [3.05, 3.63) is 0 Å². The van der Waals surface area contributed by atoms with Crippen molar-refractivity contribution >= 4 is 40.1 Å². The molecule has 1 heterocycles. The summed E-state index contributed by atoms with van der Waals surface area (Å²) in [6.45, 7) is 75.2. The van der Waals surface area contributed by atoms with Gasteiger partial charge in [0.2, 0.25) is 17.3 Å². The van der Waals surface area contributed by atoms with E-state index in [1.165, 1.54) is 9.60 Å². The topological polar surface area (TPSA) is 102 Å². The molecule has 0 bridgehead atoms. The lowest BCUT2D eigenvalue weighted by atomic mass is 9.88. The highest BCUT2D eigenvalue weighted by molar-refractivity contribution is 7.80. The molecule has 0 aromatic rings. The fourth-order valence-electron chi connectivity index (χ4n) is 7.22. The summed E-state index contributed by atoms with van der Waals surface area (Å²) in [5.41, 5.74) is 1.08. The van der Waals surface area contributed by atoms with E-state index >= 15 is 0 Å². The van der Waals surface area contributed by atoms with Crippen molar-refractivity contribution in [2.45, 2.75) is 260 Å². The molecule has 1 fully saturated rings. The molecule has 9 heteroatoms. The highest BCUT2D eigenvalue weighted by Gasteiger charge is 2.42. The molecule has 1 N–H and O–H groups in total. The van der Waals surface area contributed by atoms with Crippen molar-refractivity contribution in [3.8, 4) is 0 Å². The molecule has 1 atom stereocenters. The molecule has 0 aromatic carbocycles. The zero-order chi connectivity index (χ0) is 59.5. The van der Waals surface area contributed by atoms with Gasteiger partial charge in [0.25, 0.3) is 0 Å². The lowest BCUT2D eigenvalue weighted by Crippen LogP contribution is -2.41. The van der Waals surface area contributed by atoms with Gasteiger partial charge in [-0.05, 0) is 83.6 Å². The fourth-order valence-corrected chi connectivity index (χ4v) is 7.22. The lowest BCUT2D eigenvalue weighted by molar-refractivity contribution is -0.757. The first-order valence-electron chi connectivity index (χ1n) is 28.7. The Bertz CT molecular complexity index is 1240. The monoisotopic (exact) mass is 1050 g/mol. The maximum absolute atomic E-state index is 10.9. The molecule has 1 aliphatic heterocycles. The van der Waals surface area contributed by atoms with Crippen LogP contribution in [-0.4, -0.2) is 76.1 Å². The number of Topliss-reactive ketones (excluding diaryl/α,β-unsaturated/α-hetero) is 3. The average molecular weight is 1050 g/mol. The second-order valence-corrected chi connectivity index (χ2v) is 25.7. The third kappa shape index (κ3) is 44.7. The Hall–Kier alpha value is -1.55. The van der Waals surface area contributed by atoms with Gasteiger partial charge in [-0.3, -0.25) is 19.6 Å². The Morgan fingerprint density at radius 1 is 0.431 bits per heavy atom. The van der Waals surface area contributed by atoms with E-state index in [1.54, 1.807) is 34.7 Å². The van der Waals surface area contributed by atoms with Gasteiger partial charge in [-0.25, -0.2) is 0 Å². The molecule has 0 saturated carbocycles. The zero-order valence-electron chi connectivity index (χ0n) is 55.1. The first kappa shape index (κ1) is 84.4. The number of carbonyl (C=O) groups excluding carboxylic acids is 3. The van der Waals surface area contributed by atoms with E-state index in [2.05, 4.69) is 187 Å². The van der Waals surface area contributed by atoms with Gasteiger partial charge in [-0.2, -0.15) is 0 Å². The number of carbonyl (C=O) groups is 3. The van der Waals surface area contributed by atoms with Gasteiger partial charge in [-0.15, -0.1) is 0 Å². The van der Waals surface area contributed by atoms with E-state index in [1.807, 2.05) is 27.7 Å². The molecule has 0 amide bonds. The van der Waals surface area contributed by atoms with Crippen LogP contribution >= 0.6 is 12.2 Å². The Balaban J connectivity index is -0.000000135. The van der Waals surface area contributed by atoms with E-state index in [0.29, 0.717) is 59.4 Å². The first-order chi connectivity index (χ1) is 32.3. The van der Waals surface area contributed by atoms with Crippen molar-refractivity contribution in [1.82, 2.24) is 0 Å². The summed E-state index contributed by atoms with van der Waals surface area (Å²) >= 11 is 5.10. The SMILES string of the molecule is CC(C)C(=O)C(=O)C(C)C.CC(C)C(=O)C(C)C.CC(C)C(=S)C(C)C.CC(C)C(C(C)C)=[N+](C)O.CC(C)C(C)C(C)C.CC(C)C(C)C(C)C.CC(C)C1(C(C)C)OCCO1.CC(C)OC(C)C(C)C. The van der Waals surface area contributed by atoms with Crippen LogP contribution in [0.2, 0.25) is 0 Å². The Morgan fingerprint density at radius 3 is 0.750 bits per heavy atom. The predicted octanol–water partition coefficient (Wildman–Crippen LogP) is 18.1. The van der Waals surface area contributed by atoms with Crippen LogP contribution in [0.5, 0.6) is 0 Å². The summed E-state index contributed by atoms with van der Waals surface area (Å²) in [5, 5.41) is 9.15. The van der Waals surface area contributed by atoms with Crippen molar-refractivity contribution in [2.75, 3.05) is 20.3 Å². The number of ketones is 3. The molecular weight excluding hydrogens is 915 g/mol. The van der Waals surface area contributed by atoms with E-state index in [4.69, 9.17) is 31.6 Å².